The van der Waals surface area contributed by atoms with E-state index in [0.29, 0.717) is 6.42 Å². The zero-order valence-corrected chi connectivity index (χ0v) is 11.0. The minimum absolute atomic E-state index is 0.0844. The van der Waals surface area contributed by atoms with Crippen LogP contribution in [0.1, 0.15) is 18.9 Å². The maximum atomic E-state index is 11.7. The number of carbonyl (C=O) groups excluding carboxylic acids is 1. The summed E-state index contributed by atoms with van der Waals surface area (Å²) in [7, 11) is 0. The van der Waals surface area contributed by atoms with Crippen LogP contribution < -0.4 is 0 Å². The van der Waals surface area contributed by atoms with Crippen LogP contribution in [0, 0.1) is 0 Å². The summed E-state index contributed by atoms with van der Waals surface area (Å²) < 4.78 is 5.16. The molecule has 4 nitrogen and oxygen atoms in total. The molecule has 0 aliphatic rings. The van der Waals surface area contributed by atoms with E-state index in [9.17, 15) is 9.59 Å². The Kier molecular flexibility index (Phi) is 6.28. The molecular formula is C13H16O4S. The van der Waals surface area contributed by atoms with Gasteiger partial charge in [-0.3, -0.25) is 9.59 Å². The number of rotatable bonds is 7. The first-order valence-electron chi connectivity index (χ1n) is 5.67. The lowest BCUT2D eigenvalue weighted by atomic mass is 10.2. The first kappa shape index (κ1) is 14.6. The van der Waals surface area contributed by atoms with Crippen molar-refractivity contribution >= 4 is 23.7 Å². The molecule has 1 N–H and O–H groups in total. The van der Waals surface area contributed by atoms with Gasteiger partial charge in [-0.25, -0.2) is 0 Å². The molecule has 1 aromatic rings. The summed E-state index contributed by atoms with van der Waals surface area (Å²) in [5.74, 6) is -1.36. The largest absolute Gasteiger partial charge is 0.481 e. The molecule has 1 rings (SSSR count). The molecule has 18 heavy (non-hydrogen) atoms. The summed E-state index contributed by atoms with van der Waals surface area (Å²) in [5, 5.41) is 8.16. The summed E-state index contributed by atoms with van der Waals surface area (Å²) in [6, 6.07) is 9.39. The van der Waals surface area contributed by atoms with E-state index in [2.05, 4.69) is 0 Å². The predicted octanol–water partition coefficient (Wildman–Crippen LogP) is 2.33. The number of carbonyl (C=O) groups is 2. The fourth-order valence-electron chi connectivity index (χ4n) is 1.35. The average Bonchev–Trinajstić information content (AvgIpc) is 2.38. The molecule has 0 aliphatic heterocycles. The zero-order chi connectivity index (χ0) is 13.4. The second-order valence-corrected chi connectivity index (χ2v) is 4.89. The summed E-state index contributed by atoms with van der Waals surface area (Å²) in [4.78, 5) is 22.2. The van der Waals surface area contributed by atoms with Crippen LogP contribution in [0.4, 0.5) is 0 Å². The molecular weight excluding hydrogens is 252 g/mol. The molecule has 1 aromatic carbocycles. The van der Waals surface area contributed by atoms with Crippen molar-refractivity contribution in [3.63, 3.8) is 0 Å². The smallest absolute Gasteiger partial charge is 0.319 e. The van der Waals surface area contributed by atoms with E-state index in [-0.39, 0.29) is 18.3 Å². The number of esters is 1. The molecule has 5 heteroatoms. The molecule has 0 heterocycles. The van der Waals surface area contributed by atoms with Crippen molar-refractivity contribution in [3.8, 4) is 0 Å². The quantitative estimate of drug-likeness (QED) is 0.769. The third-order valence-corrected chi connectivity index (χ3v) is 3.61. The van der Waals surface area contributed by atoms with Crippen LogP contribution >= 0.6 is 11.8 Å². The minimum Gasteiger partial charge on any atom is -0.481 e. The molecule has 1 atom stereocenters. The van der Waals surface area contributed by atoms with Gasteiger partial charge in [0.2, 0.25) is 0 Å². The van der Waals surface area contributed by atoms with Crippen LogP contribution in [0.5, 0.6) is 0 Å². The van der Waals surface area contributed by atoms with Gasteiger partial charge in [0.15, 0.2) is 0 Å². The van der Waals surface area contributed by atoms with Crippen LogP contribution in [-0.4, -0.2) is 28.0 Å². The van der Waals surface area contributed by atoms with E-state index in [0.717, 1.165) is 17.3 Å². The van der Waals surface area contributed by atoms with E-state index in [1.807, 2.05) is 37.3 Å². The van der Waals surface area contributed by atoms with Gasteiger partial charge in [-0.15, -0.1) is 11.8 Å². The van der Waals surface area contributed by atoms with Gasteiger partial charge in [-0.2, -0.15) is 0 Å². The van der Waals surface area contributed by atoms with Crippen molar-refractivity contribution in [1.82, 2.24) is 0 Å². The van der Waals surface area contributed by atoms with Crippen LogP contribution in [-0.2, 0) is 20.9 Å². The van der Waals surface area contributed by atoms with E-state index in [1.54, 1.807) is 0 Å². The molecule has 1 unspecified atom stereocenters. The van der Waals surface area contributed by atoms with Crippen molar-refractivity contribution in [2.24, 2.45) is 0 Å². The molecule has 98 valence electrons. The van der Waals surface area contributed by atoms with E-state index < -0.39 is 11.2 Å². The second-order valence-electron chi connectivity index (χ2n) is 3.69. The molecule has 0 spiro atoms. The number of hydrogen-bond acceptors (Lipinski definition) is 4. The highest BCUT2D eigenvalue weighted by Gasteiger charge is 2.19. The van der Waals surface area contributed by atoms with Gasteiger partial charge in [0.25, 0.3) is 0 Å². The third kappa shape index (κ3) is 5.23. The van der Waals surface area contributed by atoms with Gasteiger partial charge in [0.05, 0.1) is 5.75 Å². The first-order chi connectivity index (χ1) is 8.63. The maximum Gasteiger partial charge on any atom is 0.319 e. The zero-order valence-electron chi connectivity index (χ0n) is 10.2. The second kappa shape index (κ2) is 7.76. The lowest BCUT2D eigenvalue weighted by Crippen LogP contribution is -2.21. The van der Waals surface area contributed by atoms with Gasteiger partial charge in [0, 0.05) is 0 Å². The predicted molar refractivity (Wildman–Crippen MR) is 70.4 cm³/mol. The molecule has 0 saturated heterocycles. The molecule has 0 fully saturated rings. The van der Waals surface area contributed by atoms with Crippen molar-refractivity contribution < 1.29 is 19.4 Å². The number of ether oxygens (including phenoxy) is 1. The highest BCUT2D eigenvalue weighted by Crippen LogP contribution is 2.16. The van der Waals surface area contributed by atoms with Crippen molar-refractivity contribution in [2.75, 3.05) is 5.75 Å². The SMILES string of the molecule is CCC(SCC(=O)O)C(=O)OCc1ccccc1. The lowest BCUT2D eigenvalue weighted by molar-refractivity contribution is -0.144. The van der Waals surface area contributed by atoms with E-state index in [1.165, 1.54) is 0 Å². The minimum atomic E-state index is -0.922. The van der Waals surface area contributed by atoms with Gasteiger partial charge in [-0.05, 0) is 12.0 Å². The van der Waals surface area contributed by atoms with Crippen LogP contribution in [0.3, 0.4) is 0 Å². The Balaban J connectivity index is 2.40. The Labute approximate surface area is 110 Å². The van der Waals surface area contributed by atoms with Gasteiger partial charge in [-0.1, -0.05) is 37.3 Å². The number of thioether (sulfide) groups is 1. The Morgan fingerprint density at radius 2 is 2.00 bits per heavy atom. The Morgan fingerprint density at radius 3 is 2.56 bits per heavy atom. The molecule has 0 radical (unpaired) electrons. The Bertz CT molecular complexity index is 391. The highest BCUT2D eigenvalue weighted by atomic mass is 32.2. The Hall–Kier alpha value is -1.49. The van der Waals surface area contributed by atoms with E-state index in [4.69, 9.17) is 9.84 Å². The number of hydrogen-bond donors (Lipinski definition) is 1. The summed E-state index contributed by atoms with van der Waals surface area (Å²) in [5.41, 5.74) is 0.920. The number of aliphatic carboxylic acids is 1. The molecule has 0 saturated carbocycles. The van der Waals surface area contributed by atoms with Crippen molar-refractivity contribution in [1.29, 1.82) is 0 Å². The van der Waals surface area contributed by atoms with Gasteiger partial charge < -0.3 is 9.84 Å². The fourth-order valence-corrected chi connectivity index (χ4v) is 2.13. The number of carboxylic acids is 1. The third-order valence-electron chi connectivity index (χ3n) is 2.27. The maximum absolute atomic E-state index is 11.7. The van der Waals surface area contributed by atoms with Crippen LogP contribution in [0.25, 0.3) is 0 Å². The fraction of sp³-hybridized carbons (Fsp3) is 0.385. The number of carboxylic acid groups (broad SMARTS) is 1. The number of benzene rings is 1. The summed E-state index contributed by atoms with van der Waals surface area (Å²) >= 11 is 1.10. The standard InChI is InChI=1S/C13H16O4S/c1-2-11(18-9-12(14)15)13(16)17-8-10-6-4-3-5-7-10/h3-7,11H,2,8-9H2,1H3,(H,14,15). The normalized spacial score (nSPS) is 11.8. The molecule has 0 aromatic heterocycles. The summed E-state index contributed by atoms with van der Waals surface area (Å²) in [6.07, 6.45) is 0.561. The Morgan fingerprint density at radius 1 is 1.33 bits per heavy atom. The molecule has 0 bridgehead atoms. The van der Waals surface area contributed by atoms with Crippen molar-refractivity contribution in [2.45, 2.75) is 25.2 Å². The van der Waals surface area contributed by atoms with Crippen LogP contribution in [0.2, 0.25) is 0 Å². The molecule has 0 amide bonds. The highest BCUT2D eigenvalue weighted by molar-refractivity contribution is 8.01. The monoisotopic (exact) mass is 268 g/mol. The first-order valence-corrected chi connectivity index (χ1v) is 6.72. The van der Waals surface area contributed by atoms with Gasteiger partial charge >= 0.3 is 11.9 Å². The van der Waals surface area contributed by atoms with E-state index >= 15 is 0 Å². The van der Waals surface area contributed by atoms with Gasteiger partial charge in [0.1, 0.15) is 11.9 Å². The lowest BCUT2D eigenvalue weighted by Gasteiger charge is -2.12. The molecule has 0 aliphatic carbocycles. The average molecular weight is 268 g/mol. The topological polar surface area (TPSA) is 63.6 Å². The van der Waals surface area contributed by atoms with Crippen LogP contribution in [0.15, 0.2) is 30.3 Å². The van der Waals surface area contributed by atoms with Crippen molar-refractivity contribution in [3.05, 3.63) is 35.9 Å². The summed E-state index contributed by atoms with van der Waals surface area (Å²) in [6.45, 7) is 2.06.